The third kappa shape index (κ3) is 3.74. The standard InChI is InChI=1S/C20H19FN2O3/c1-20(2,3)26-19(25)23-17-16(12-7-5-4-6-8-12)14-11-13(21)9-10-15(14)22-18(17)24/h4-11H,1-3H3,(H,22,24)(H,23,25). The maximum atomic E-state index is 13.8. The lowest BCUT2D eigenvalue weighted by atomic mass is 9.99. The normalized spacial score (nSPS) is 11.4. The largest absolute Gasteiger partial charge is 0.444 e. The molecule has 2 N–H and O–H groups in total. The van der Waals surface area contributed by atoms with Crippen molar-refractivity contribution in [1.29, 1.82) is 0 Å². The SMILES string of the molecule is CC(C)(C)OC(=O)Nc1c(-c2ccccc2)c2cc(F)ccc2[nH]c1=O. The summed E-state index contributed by atoms with van der Waals surface area (Å²) in [5, 5.41) is 3.01. The molecule has 1 heterocycles. The van der Waals surface area contributed by atoms with Crippen LogP contribution in [0.25, 0.3) is 22.0 Å². The van der Waals surface area contributed by atoms with E-state index in [1.54, 1.807) is 45.0 Å². The van der Waals surface area contributed by atoms with Crippen molar-refractivity contribution in [2.24, 2.45) is 0 Å². The smallest absolute Gasteiger partial charge is 0.412 e. The van der Waals surface area contributed by atoms with Gasteiger partial charge in [-0.1, -0.05) is 30.3 Å². The fraction of sp³-hybridized carbons (Fsp3) is 0.200. The van der Waals surface area contributed by atoms with Crippen molar-refractivity contribution in [2.75, 3.05) is 5.32 Å². The molecule has 5 nitrogen and oxygen atoms in total. The molecule has 0 spiro atoms. The molecule has 6 heteroatoms. The number of hydrogen-bond acceptors (Lipinski definition) is 3. The summed E-state index contributed by atoms with van der Waals surface area (Å²) in [5.74, 6) is -0.440. The fourth-order valence-electron chi connectivity index (χ4n) is 2.69. The summed E-state index contributed by atoms with van der Waals surface area (Å²) in [7, 11) is 0. The van der Waals surface area contributed by atoms with Crippen LogP contribution in [0.2, 0.25) is 0 Å². The molecule has 134 valence electrons. The summed E-state index contributed by atoms with van der Waals surface area (Å²) < 4.78 is 19.1. The number of amides is 1. The molecular weight excluding hydrogens is 335 g/mol. The molecule has 0 radical (unpaired) electrons. The first-order valence-electron chi connectivity index (χ1n) is 8.15. The Morgan fingerprint density at radius 2 is 1.81 bits per heavy atom. The Morgan fingerprint density at radius 3 is 2.46 bits per heavy atom. The van der Waals surface area contributed by atoms with Gasteiger partial charge >= 0.3 is 6.09 Å². The van der Waals surface area contributed by atoms with Gasteiger partial charge in [0.05, 0.1) is 0 Å². The number of halogens is 1. The van der Waals surface area contributed by atoms with Crippen LogP contribution in [0.4, 0.5) is 14.9 Å². The molecule has 0 aliphatic heterocycles. The van der Waals surface area contributed by atoms with E-state index in [4.69, 9.17) is 4.74 Å². The Hall–Kier alpha value is -3.15. The summed E-state index contributed by atoms with van der Waals surface area (Å²) >= 11 is 0. The highest BCUT2D eigenvalue weighted by molar-refractivity contribution is 6.03. The van der Waals surface area contributed by atoms with Crippen molar-refractivity contribution in [3.8, 4) is 11.1 Å². The van der Waals surface area contributed by atoms with E-state index < -0.39 is 23.1 Å². The summed E-state index contributed by atoms with van der Waals surface area (Å²) in [4.78, 5) is 27.5. The second-order valence-electron chi connectivity index (χ2n) is 6.89. The number of benzene rings is 2. The van der Waals surface area contributed by atoms with Crippen molar-refractivity contribution in [1.82, 2.24) is 4.98 Å². The number of ether oxygens (including phenoxy) is 1. The maximum absolute atomic E-state index is 13.8. The van der Waals surface area contributed by atoms with Gasteiger partial charge in [-0.15, -0.1) is 0 Å². The highest BCUT2D eigenvalue weighted by Crippen LogP contribution is 2.33. The van der Waals surface area contributed by atoms with Crippen LogP contribution in [-0.4, -0.2) is 16.7 Å². The van der Waals surface area contributed by atoms with Crippen LogP contribution >= 0.6 is 0 Å². The van der Waals surface area contributed by atoms with Gasteiger partial charge in [-0.2, -0.15) is 0 Å². The minimum absolute atomic E-state index is 0.0172. The molecule has 0 atom stereocenters. The van der Waals surface area contributed by atoms with E-state index in [0.29, 0.717) is 22.0 Å². The molecular formula is C20H19FN2O3. The van der Waals surface area contributed by atoms with Crippen LogP contribution in [0.3, 0.4) is 0 Å². The number of anilines is 1. The average molecular weight is 354 g/mol. The van der Waals surface area contributed by atoms with Crippen molar-refractivity contribution in [3.63, 3.8) is 0 Å². The Kier molecular flexibility index (Phi) is 4.50. The minimum Gasteiger partial charge on any atom is -0.444 e. The number of rotatable bonds is 2. The zero-order chi connectivity index (χ0) is 18.9. The fourth-order valence-corrected chi connectivity index (χ4v) is 2.69. The number of nitrogens with one attached hydrogen (secondary N) is 2. The van der Waals surface area contributed by atoms with Gasteiger partial charge in [0.1, 0.15) is 17.1 Å². The molecule has 0 saturated carbocycles. The van der Waals surface area contributed by atoms with E-state index in [0.717, 1.165) is 0 Å². The number of pyridine rings is 1. The van der Waals surface area contributed by atoms with Crippen LogP contribution in [0.5, 0.6) is 0 Å². The summed E-state index contributed by atoms with van der Waals surface area (Å²) in [5.41, 5.74) is 0.407. The Morgan fingerprint density at radius 1 is 1.12 bits per heavy atom. The molecule has 0 aliphatic carbocycles. The first-order valence-corrected chi connectivity index (χ1v) is 8.15. The van der Waals surface area contributed by atoms with E-state index in [9.17, 15) is 14.0 Å². The molecule has 3 rings (SSSR count). The summed E-state index contributed by atoms with van der Waals surface area (Å²) in [6.45, 7) is 5.18. The quantitative estimate of drug-likeness (QED) is 0.702. The lowest BCUT2D eigenvalue weighted by molar-refractivity contribution is 0.0636. The van der Waals surface area contributed by atoms with Gasteiger partial charge in [0, 0.05) is 16.5 Å². The van der Waals surface area contributed by atoms with Crippen LogP contribution in [0.1, 0.15) is 20.8 Å². The molecule has 0 fully saturated rings. The lowest BCUT2D eigenvalue weighted by Gasteiger charge is -2.20. The van der Waals surface area contributed by atoms with Crippen LogP contribution in [0, 0.1) is 5.82 Å². The number of fused-ring (bicyclic) bond motifs is 1. The van der Waals surface area contributed by atoms with Crippen LogP contribution in [-0.2, 0) is 4.74 Å². The predicted octanol–water partition coefficient (Wildman–Crippen LogP) is 4.68. The second kappa shape index (κ2) is 6.63. The van der Waals surface area contributed by atoms with Gasteiger partial charge in [0.2, 0.25) is 0 Å². The molecule has 0 aliphatic rings. The van der Waals surface area contributed by atoms with E-state index in [2.05, 4.69) is 10.3 Å². The number of H-pyrrole nitrogens is 1. The number of carbonyl (C=O) groups is 1. The van der Waals surface area contributed by atoms with E-state index in [1.165, 1.54) is 18.2 Å². The highest BCUT2D eigenvalue weighted by atomic mass is 19.1. The Bertz CT molecular complexity index is 1020. The van der Waals surface area contributed by atoms with Crippen molar-refractivity contribution in [2.45, 2.75) is 26.4 Å². The zero-order valence-corrected chi connectivity index (χ0v) is 14.7. The predicted molar refractivity (Wildman–Crippen MR) is 99.8 cm³/mol. The number of carbonyl (C=O) groups excluding carboxylic acids is 1. The van der Waals surface area contributed by atoms with Crippen LogP contribution in [0.15, 0.2) is 53.3 Å². The summed E-state index contributed by atoms with van der Waals surface area (Å²) in [6.07, 6.45) is -0.754. The van der Waals surface area contributed by atoms with E-state index in [1.807, 2.05) is 6.07 Å². The van der Waals surface area contributed by atoms with Gasteiger partial charge in [-0.25, -0.2) is 9.18 Å². The van der Waals surface area contributed by atoms with Gasteiger partial charge in [-0.3, -0.25) is 10.1 Å². The molecule has 3 aromatic rings. The topological polar surface area (TPSA) is 71.2 Å². The molecule has 0 bridgehead atoms. The average Bonchev–Trinajstić information content (AvgIpc) is 2.55. The zero-order valence-electron chi connectivity index (χ0n) is 14.7. The molecule has 2 aromatic carbocycles. The van der Waals surface area contributed by atoms with Crippen LogP contribution < -0.4 is 10.9 Å². The molecule has 1 aromatic heterocycles. The van der Waals surface area contributed by atoms with E-state index >= 15 is 0 Å². The highest BCUT2D eigenvalue weighted by Gasteiger charge is 2.21. The first-order chi connectivity index (χ1) is 12.2. The monoisotopic (exact) mass is 354 g/mol. The number of aromatic amines is 1. The van der Waals surface area contributed by atoms with Gasteiger partial charge in [0.25, 0.3) is 5.56 Å². The minimum atomic E-state index is -0.754. The number of aromatic nitrogens is 1. The van der Waals surface area contributed by atoms with Crippen molar-refractivity contribution in [3.05, 3.63) is 64.7 Å². The van der Waals surface area contributed by atoms with E-state index in [-0.39, 0.29) is 5.69 Å². The third-order valence-electron chi connectivity index (χ3n) is 3.66. The van der Waals surface area contributed by atoms with Gasteiger partial charge in [-0.05, 0) is 44.5 Å². The molecule has 1 amide bonds. The summed E-state index contributed by atoms with van der Waals surface area (Å²) in [6, 6.07) is 13.1. The molecule has 0 saturated heterocycles. The van der Waals surface area contributed by atoms with Crippen molar-refractivity contribution < 1.29 is 13.9 Å². The van der Waals surface area contributed by atoms with Gasteiger partial charge in [0.15, 0.2) is 0 Å². The maximum Gasteiger partial charge on any atom is 0.412 e. The number of hydrogen-bond donors (Lipinski definition) is 2. The second-order valence-corrected chi connectivity index (χ2v) is 6.89. The molecule has 26 heavy (non-hydrogen) atoms. The van der Waals surface area contributed by atoms with Crippen molar-refractivity contribution >= 4 is 22.7 Å². The Balaban J connectivity index is 2.23. The third-order valence-corrected chi connectivity index (χ3v) is 3.66. The molecule has 0 unspecified atom stereocenters. The first kappa shape index (κ1) is 17.7. The lowest BCUT2D eigenvalue weighted by Crippen LogP contribution is -2.29. The Labute approximate surface area is 149 Å². The van der Waals surface area contributed by atoms with Gasteiger partial charge < -0.3 is 9.72 Å².